The van der Waals surface area contributed by atoms with Gasteiger partial charge in [0.1, 0.15) is 0 Å². The van der Waals surface area contributed by atoms with Crippen LogP contribution >= 0.6 is 12.4 Å². The lowest BCUT2D eigenvalue weighted by Crippen LogP contribution is -2.51. The fraction of sp³-hybridized carbons (Fsp3) is 0.611. The summed E-state index contributed by atoms with van der Waals surface area (Å²) < 4.78 is 0. The predicted octanol–water partition coefficient (Wildman–Crippen LogP) is 2.84. The van der Waals surface area contributed by atoms with Crippen molar-refractivity contribution in [1.82, 2.24) is 5.32 Å². The summed E-state index contributed by atoms with van der Waals surface area (Å²) >= 11 is 0. The summed E-state index contributed by atoms with van der Waals surface area (Å²) in [5.74, 6) is 2.08. The lowest BCUT2D eigenvalue weighted by atomic mass is 9.75. The van der Waals surface area contributed by atoms with Crippen molar-refractivity contribution >= 4 is 18.3 Å². The van der Waals surface area contributed by atoms with E-state index >= 15 is 0 Å². The summed E-state index contributed by atoms with van der Waals surface area (Å²) in [6.45, 7) is 0. The molecule has 4 unspecified atom stereocenters. The van der Waals surface area contributed by atoms with Crippen LogP contribution in [0.15, 0.2) is 30.3 Å². The molecule has 3 nitrogen and oxygen atoms in total. The molecule has 4 rings (SSSR count). The second kappa shape index (κ2) is 6.21. The van der Waals surface area contributed by atoms with Crippen LogP contribution in [0.25, 0.3) is 0 Å². The normalized spacial score (nSPS) is 39.0. The third-order valence-electron chi connectivity index (χ3n) is 6.04. The smallest absolute Gasteiger partial charge is 0.225 e. The minimum absolute atomic E-state index is 0. The molecule has 4 atom stereocenters. The van der Waals surface area contributed by atoms with E-state index in [1.54, 1.807) is 0 Å². The molecule has 3 fully saturated rings. The maximum atomic E-state index is 12.5. The average Bonchev–Trinajstić information content (AvgIpc) is 3.04. The van der Waals surface area contributed by atoms with E-state index in [9.17, 15) is 4.79 Å². The van der Waals surface area contributed by atoms with E-state index in [-0.39, 0.29) is 30.3 Å². The zero-order valence-electron chi connectivity index (χ0n) is 12.8. The van der Waals surface area contributed by atoms with Gasteiger partial charge in [-0.3, -0.25) is 4.79 Å². The first-order chi connectivity index (χ1) is 10.2. The lowest BCUT2D eigenvalue weighted by Gasteiger charge is -2.38. The number of fused-ring (bicyclic) bond motifs is 2. The van der Waals surface area contributed by atoms with E-state index in [0.29, 0.717) is 23.8 Å². The topological polar surface area (TPSA) is 55.1 Å². The maximum absolute atomic E-state index is 12.5. The van der Waals surface area contributed by atoms with Crippen LogP contribution in [0.1, 0.15) is 43.6 Å². The molecule has 4 heteroatoms. The van der Waals surface area contributed by atoms with Crippen molar-refractivity contribution in [2.75, 3.05) is 0 Å². The van der Waals surface area contributed by atoms with Crippen molar-refractivity contribution < 1.29 is 4.79 Å². The number of rotatable bonds is 3. The Balaban J connectivity index is 0.00000144. The van der Waals surface area contributed by atoms with E-state index in [1.165, 1.54) is 24.8 Å². The number of carbonyl (C=O) groups excluding carboxylic acids is 1. The largest absolute Gasteiger partial charge is 0.353 e. The van der Waals surface area contributed by atoms with Crippen molar-refractivity contribution in [1.29, 1.82) is 0 Å². The number of hydrogen-bond donors (Lipinski definition) is 2. The highest BCUT2D eigenvalue weighted by molar-refractivity contribution is 5.85. The Hall–Kier alpha value is -1.06. The fourth-order valence-electron chi connectivity index (χ4n) is 4.76. The molecule has 0 saturated heterocycles. The molecule has 1 aromatic carbocycles. The Morgan fingerprint density at radius 2 is 1.73 bits per heavy atom. The van der Waals surface area contributed by atoms with Gasteiger partial charge in [-0.15, -0.1) is 12.4 Å². The fourth-order valence-corrected chi connectivity index (χ4v) is 4.76. The van der Waals surface area contributed by atoms with Crippen molar-refractivity contribution in [3.63, 3.8) is 0 Å². The molecule has 3 aliphatic carbocycles. The highest BCUT2D eigenvalue weighted by atomic mass is 35.5. The Morgan fingerprint density at radius 3 is 2.36 bits per heavy atom. The van der Waals surface area contributed by atoms with Crippen molar-refractivity contribution in [3.8, 4) is 0 Å². The Labute approximate surface area is 138 Å². The molecule has 3 N–H and O–H groups in total. The molecule has 1 amide bonds. The first-order valence-corrected chi connectivity index (χ1v) is 8.33. The van der Waals surface area contributed by atoms with Gasteiger partial charge in [-0.25, -0.2) is 0 Å². The predicted molar refractivity (Wildman–Crippen MR) is 89.9 cm³/mol. The van der Waals surface area contributed by atoms with E-state index in [0.717, 1.165) is 12.8 Å². The van der Waals surface area contributed by atoms with Crippen LogP contribution < -0.4 is 11.1 Å². The maximum Gasteiger partial charge on any atom is 0.225 e. The standard InChI is InChI=1S/C18H24N2O.ClH/c19-17-13-7-6-12(8-13)16(17)18(21)20-15-9-14(10-15)11-4-2-1-3-5-11;/h1-5,12-17H,6-10,19H2,(H,20,21);1H. The van der Waals surface area contributed by atoms with Gasteiger partial charge in [0.15, 0.2) is 0 Å². The van der Waals surface area contributed by atoms with Crippen molar-refractivity contribution in [3.05, 3.63) is 35.9 Å². The van der Waals surface area contributed by atoms with E-state index in [4.69, 9.17) is 5.73 Å². The lowest BCUT2D eigenvalue weighted by molar-refractivity contribution is -0.128. The summed E-state index contributed by atoms with van der Waals surface area (Å²) in [6.07, 6.45) is 5.76. The zero-order chi connectivity index (χ0) is 14.4. The summed E-state index contributed by atoms with van der Waals surface area (Å²) in [4.78, 5) is 12.5. The van der Waals surface area contributed by atoms with Gasteiger partial charge in [0.2, 0.25) is 5.91 Å². The first kappa shape index (κ1) is 15.8. The second-order valence-electron chi connectivity index (χ2n) is 7.22. The quantitative estimate of drug-likeness (QED) is 0.899. The molecule has 0 radical (unpaired) electrons. The number of hydrogen-bond acceptors (Lipinski definition) is 2. The zero-order valence-corrected chi connectivity index (χ0v) is 13.6. The molecule has 0 heterocycles. The molecule has 3 saturated carbocycles. The van der Waals surface area contributed by atoms with Crippen LogP contribution in [0.3, 0.4) is 0 Å². The summed E-state index contributed by atoms with van der Waals surface area (Å²) in [6, 6.07) is 11.1. The molecule has 0 spiro atoms. The number of benzene rings is 1. The van der Waals surface area contributed by atoms with Gasteiger partial charge in [-0.05, 0) is 55.4 Å². The number of amides is 1. The van der Waals surface area contributed by atoms with E-state index in [1.807, 2.05) is 0 Å². The highest BCUT2D eigenvalue weighted by Crippen LogP contribution is 2.48. The summed E-state index contributed by atoms with van der Waals surface area (Å²) in [5, 5.41) is 3.25. The van der Waals surface area contributed by atoms with Crippen LogP contribution in [0, 0.1) is 17.8 Å². The van der Waals surface area contributed by atoms with E-state index in [2.05, 4.69) is 35.6 Å². The monoisotopic (exact) mass is 320 g/mol. The molecule has 120 valence electrons. The molecular formula is C18H25ClN2O. The van der Waals surface area contributed by atoms with Gasteiger partial charge in [-0.2, -0.15) is 0 Å². The van der Waals surface area contributed by atoms with Gasteiger partial charge in [0.25, 0.3) is 0 Å². The van der Waals surface area contributed by atoms with Crippen LogP contribution in [0.2, 0.25) is 0 Å². The molecule has 2 bridgehead atoms. The summed E-state index contributed by atoms with van der Waals surface area (Å²) in [5.41, 5.74) is 7.66. The number of nitrogens with one attached hydrogen (secondary N) is 1. The summed E-state index contributed by atoms with van der Waals surface area (Å²) in [7, 11) is 0. The first-order valence-electron chi connectivity index (χ1n) is 8.33. The van der Waals surface area contributed by atoms with E-state index < -0.39 is 0 Å². The number of halogens is 1. The van der Waals surface area contributed by atoms with Crippen molar-refractivity contribution in [2.24, 2.45) is 23.5 Å². The molecular weight excluding hydrogens is 296 g/mol. The Bertz CT molecular complexity index is 527. The molecule has 0 aromatic heterocycles. The average molecular weight is 321 g/mol. The van der Waals surface area contributed by atoms with Crippen LogP contribution in [0.5, 0.6) is 0 Å². The SMILES string of the molecule is Cl.NC1C2CCC(C2)C1C(=O)NC1CC(c2ccccc2)C1. The van der Waals surface area contributed by atoms with Crippen molar-refractivity contribution in [2.45, 2.75) is 50.1 Å². The van der Waals surface area contributed by atoms with Gasteiger partial charge in [0.05, 0.1) is 5.92 Å². The molecule has 1 aromatic rings. The molecule has 3 aliphatic rings. The minimum atomic E-state index is 0. The Kier molecular flexibility index (Phi) is 4.47. The Morgan fingerprint density at radius 1 is 1.05 bits per heavy atom. The molecule has 22 heavy (non-hydrogen) atoms. The number of carbonyl (C=O) groups is 1. The number of nitrogens with two attached hydrogens (primary N) is 1. The highest BCUT2D eigenvalue weighted by Gasteiger charge is 2.49. The van der Waals surface area contributed by atoms with Gasteiger partial charge in [0, 0.05) is 12.1 Å². The minimum Gasteiger partial charge on any atom is -0.353 e. The van der Waals surface area contributed by atoms with Gasteiger partial charge >= 0.3 is 0 Å². The van der Waals surface area contributed by atoms with Crippen LogP contribution in [-0.4, -0.2) is 18.0 Å². The van der Waals surface area contributed by atoms with Gasteiger partial charge in [-0.1, -0.05) is 30.3 Å². The second-order valence-corrected chi connectivity index (χ2v) is 7.22. The van der Waals surface area contributed by atoms with Crippen LogP contribution in [-0.2, 0) is 4.79 Å². The molecule has 0 aliphatic heterocycles. The third-order valence-corrected chi connectivity index (χ3v) is 6.04. The third kappa shape index (κ3) is 2.65. The van der Waals surface area contributed by atoms with Crippen LogP contribution in [0.4, 0.5) is 0 Å². The van der Waals surface area contributed by atoms with Gasteiger partial charge < -0.3 is 11.1 Å².